The molecule has 5 heteroatoms. The number of halogens is 2. The summed E-state index contributed by atoms with van der Waals surface area (Å²) in [5.41, 5.74) is 4.49. The van der Waals surface area contributed by atoms with Gasteiger partial charge in [0, 0.05) is 0 Å². The van der Waals surface area contributed by atoms with Crippen LogP contribution in [0.4, 0.5) is 0 Å². The first-order valence-corrected chi connectivity index (χ1v) is 9.28. The fourth-order valence-electron chi connectivity index (χ4n) is 2.43. The van der Waals surface area contributed by atoms with Crippen molar-refractivity contribution in [2.45, 2.75) is 27.2 Å². The summed E-state index contributed by atoms with van der Waals surface area (Å²) in [6.45, 7) is 8.53. The van der Waals surface area contributed by atoms with E-state index in [2.05, 4.69) is 76.2 Å². The van der Waals surface area contributed by atoms with Crippen LogP contribution in [0.1, 0.15) is 32.8 Å². The summed E-state index contributed by atoms with van der Waals surface area (Å²) < 4.78 is 7.46. The standard InChI is InChI=1S/C14H16N.C5H11O.2ClH.Ti/c1-15(2)11-12-8-9-14(10-12)13-6-4-3-5-7-13;1-5(2,3)4-6;;;/h3-6,8,10H,9,11H2,1-2H3;4H2,1-3H3;2*1H;/q;-1;;;+1. The first kappa shape index (κ1) is 23.9. The zero-order chi connectivity index (χ0) is 16.2. The molecule has 1 aliphatic rings. The topological polar surface area (TPSA) is 12.5 Å². The number of nitrogens with zero attached hydrogens (tertiary/aromatic N) is 1. The summed E-state index contributed by atoms with van der Waals surface area (Å²) in [4.78, 5) is 2.22. The van der Waals surface area contributed by atoms with Gasteiger partial charge in [-0.25, -0.2) is 0 Å². The Morgan fingerprint density at radius 1 is 1.12 bits per heavy atom. The molecule has 1 aromatic carbocycles. The van der Waals surface area contributed by atoms with E-state index < -0.39 is 19.5 Å². The summed E-state index contributed by atoms with van der Waals surface area (Å²) in [7, 11) is 4.24. The van der Waals surface area contributed by atoms with E-state index in [4.69, 9.17) is 3.32 Å². The van der Waals surface area contributed by atoms with Crippen LogP contribution in [-0.2, 0) is 22.9 Å². The zero-order valence-corrected chi connectivity index (χ0v) is 18.5. The van der Waals surface area contributed by atoms with E-state index >= 15 is 0 Å². The third-order valence-electron chi connectivity index (χ3n) is 3.40. The Hall–Kier alpha value is -0.0857. The molecule has 0 unspecified atom stereocenters. The van der Waals surface area contributed by atoms with Crippen LogP contribution in [0.25, 0.3) is 5.57 Å². The van der Waals surface area contributed by atoms with Crippen molar-refractivity contribution >= 4 is 34.3 Å². The van der Waals surface area contributed by atoms with Crippen LogP contribution < -0.4 is 3.87 Å². The van der Waals surface area contributed by atoms with Gasteiger partial charge < -0.3 is 0 Å². The van der Waals surface area contributed by atoms with Crippen molar-refractivity contribution in [2.75, 3.05) is 27.2 Å². The predicted molar refractivity (Wildman–Crippen MR) is 105 cm³/mol. The number of benzene rings is 1. The maximum Gasteiger partial charge on any atom is -0.147 e. The van der Waals surface area contributed by atoms with Crippen molar-refractivity contribution in [3.8, 4) is 0 Å². The molecule has 2 nitrogen and oxygen atoms in total. The van der Waals surface area contributed by atoms with Crippen molar-refractivity contribution in [2.24, 2.45) is 5.41 Å². The fourth-order valence-corrected chi connectivity index (χ4v) is 4.27. The van der Waals surface area contributed by atoms with Gasteiger partial charge in [0.1, 0.15) is 0 Å². The smallest absolute Gasteiger partial charge is 0.147 e. The minimum atomic E-state index is -0.532. The first-order chi connectivity index (χ1) is 10.3. The second kappa shape index (κ2) is 10.8. The van der Waals surface area contributed by atoms with E-state index in [0.29, 0.717) is 0 Å². The first-order valence-electron chi connectivity index (χ1n) is 7.87. The Bertz CT molecular complexity index is 577. The third-order valence-corrected chi connectivity index (χ3v) is 4.88. The summed E-state index contributed by atoms with van der Waals surface area (Å²) >= 11 is -0.532. The van der Waals surface area contributed by atoms with Gasteiger partial charge >= 0.3 is 145 Å². The minimum Gasteiger partial charge on any atom is -0.147 e. The number of hydrogen-bond acceptors (Lipinski definition) is 2. The SMILES string of the molecule is CN(C)CC1=CCC(c2cccc[c]2[Ti][O]CC(C)(C)C)=C1.Cl.Cl. The largest absolute Gasteiger partial charge is 0.147 e. The molecule has 1 aliphatic carbocycles. The van der Waals surface area contributed by atoms with Gasteiger partial charge in [-0.3, -0.25) is 0 Å². The van der Waals surface area contributed by atoms with Crippen LogP contribution >= 0.6 is 24.8 Å². The van der Waals surface area contributed by atoms with Crippen LogP contribution in [0.3, 0.4) is 0 Å². The average Bonchev–Trinajstić information content (AvgIpc) is 2.85. The monoisotopic (exact) mass is 405 g/mol. The molecule has 24 heavy (non-hydrogen) atoms. The van der Waals surface area contributed by atoms with E-state index in [-0.39, 0.29) is 30.2 Å². The number of likely N-dealkylation sites (N-methyl/N-ethyl adjacent to an activating group) is 1. The summed E-state index contributed by atoms with van der Waals surface area (Å²) in [5, 5.41) is 0. The molecule has 0 spiro atoms. The van der Waals surface area contributed by atoms with Crippen LogP contribution in [-0.4, -0.2) is 32.1 Å². The van der Waals surface area contributed by atoms with E-state index in [1.807, 2.05) is 0 Å². The van der Waals surface area contributed by atoms with Gasteiger partial charge in [-0.2, -0.15) is 0 Å². The van der Waals surface area contributed by atoms with Gasteiger partial charge in [0.25, 0.3) is 0 Å². The molecule has 0 radical (unpaired) electrons. The molecule has 0 aromatic heterocycles. The molecular weight excluding hydrogens is 377 g/mol. The van der Waals surface area contributed by atoms with Gasteiger partial charge in [0.15, 0.2) is 0 Å². The maximum absolute atomic E-state index is 6.05. The van der Waals surface area contributed by atoms with E-state index in [9.17, 15) is 0 Å². The minimum absolute atomic E-state index is 0. The predicted octanol–water partition coefficient (Wildman–Crippen LogP) is 4.49. The van der Waals surface area contributed by atoms with Gasteiger partial charge in [-0.15, -0.1) is 24.8 Å². The third kappa shape index (κ3) is 7.86. The van der Waals surface area contributed by atoms with E-state index in [1.54, 1.807) is 0 Å². The Morgan fingerprint density at radius 3 is 2.42 bits per heavy atom. The van der Waals surface area contributed by atoms with Gasteiger partial charge in [-0.1, -0.05) is 0 Å². The second-order valence-corrected chi connectivity index (χ2v) is 9.00. The molecule has 0 amide bonds. The molecule has 1 aromatic rings. The molecule has 134 valence electrons. The van der Waals surface area contributed by atoms with E-state index in [0.717, 1.165) is 19.6 Å². The second-order valence-electron chi connectivity index (χ2n) is 7.39. The molecule has 0 saturated heterocycles. The molecular formula is C19H29Cl2NOTi. The average molecular weight is 406 g/mol. The van der Waals surface area contributed by atoms with Crippen LogP contribution in [0.5, 0.6) is 0 Å². The molecule has 0 atom stereocenters. The molecule has 0 saturated carbocycles. The van der Waals surface area contributed by atoms with Crippen LogP contribution in [0.15, 0.2) is 42.0 Å². The van der Waals surface area contributed by atoms with Crippen LogP contribution in [0, 0.1) is 5.41 Å². The number of rotatable bonds is 6. The molecule has 0 fully saturated rings. The van der Waals surface area contributed by atoms with Crippen LogP contribution in [0.2, 0.25) is 0 Å². The quantitative estimate of drug-likeness (QED) is 0.646. The fraction of sp³-hybridized carbons (Fsp3) is 0.474. The Balaban J connectivity index is 0.00000264. The zero-order valence-electron chi connectivity index (χ0n) is 15.3. The molecule has 0 aliphatic heterocycles. The van der Waals surface area contributed by atoms with Crippen molar-refractivity contribution in [1.29, 1.82) is 0 Å². The molecule has 0 heterocycles. The maximum atomic E-state index is 6.05. The van der Waals surface area contributed by atoms with Gasteiger partial charge in [0.05, 0.1) is 0 Å². The summed E-state index contributed by atoms with van der Waals surface area (Å²) in [5.74, 6) is 0. The molecule has 0 bridgehead atoms. The Labute approximate surface area is 169 Å². The van der Waals surface area contributed by atoms with Crippen molar-refractivity contribution in [3.05, 3.63) is 47.6 Å². The van der Waals surface area contributed by atoms with E-state index in [1.165, 1.54) is 20.6 Å². The van der Waals surface area contributed by atoms with Gasteiger partial charge in [-0.05, 0) is 0 Å². The van der Waals surface area contributed by atoms with Gasteiger partial charge in [0.2, 0.25) is 0 Å². The Morgan fingerprint density at radius 2 is 1.79 bits per heavy atom. The molecule has 2 rings (SSSR count). The summed E-state index contributed by atoms with van der Waals surface area (Å²) in [6, 6.07) is 8.76. The molecule has 0 N–H and O–H groups in total. The normalized spacial score (nSPS) is 13.8. The Kier molecular flexibility index (Phi) is 10.8. The number of allylic oxidation sites excluding steroid dienone is 2. The van der Waals surface area contributed by atoms with Crippen molar-refractivity contribution < 1.29 is 22.9 Å². The van der Waals surface area contributed by atoms with Crippen molar-refractivity contribution in [1.82, 2.24) is 4.90 Å². The summed E-state index contributed by atoms with van der Waals surface area (Å²) in [6.07, 6.45) is 5.75. The van der Waals surface area contributed by atoms with Crippen molar-refractivity contribution in [3.63, 3.8) is 0 Å². The number of hydrogen-bond donors (Lipinski definition) is 0.